The van der Waals surface area contributed by atoms with Crippen molar-refractivity contribution in [1.82, 2.24) is 10.2 Å². The minimum absolute atomic E-state index is 0.00218. The Bertz CT molecular complexity index is 1530. The summed E-state index contributed by atoms with van der Waals surface area (Å²) in [6, 6.07) is 18.0. The minimum atomic E-state index is -4.04. The number of benzene rings is 3. The van der Waals surface area contributed by atoms with Gasteiger partial charge in [-0.2, -0.15) is 0 Å². The predicted octanol–water partition coefficient (Wildman–Crippen LogP) is 5.98. The topological polar surface area (TPSA) is 96.0 Å². The van der Waals surface area contributed by atoms with E-state index in [0.29, 0.717) is 11.3 Å². The Labute approximate surface area is 262 Å². The molecule has 0 radical (unpaired) electrons. The molecule has 2 amide bonds. The molecule has 0 spiro atoms. The molecule has 1 atom stereocenters. The minimum Gasteiger partial charge on any atom is -0.497 e. The van der Waals surface area contributed by atoms with Crippen molar-refractivity contribution in [3.05, 3.63) is 92.9 Å². The molecule has 226 valence electrons. The van der Waals surface area contributed by atoms with Gasteiger partial charge in [0.2, 0.25) is 21.8 Å². The Kier molecular flexibility index (Phi) is 11.2. The van der Waals surface area contributed by atoms with Crippen molar-refractivity contribution in [1.29, 1.82) is 0 Å². The highest BCUT2D eigenvalue weighted by Gasteiger charge is 2.35. The lowest BCUT2D eigenvalue weighted by atomic mass is 10.0. The van der Waals surface area contributed by atoms with E-state index < -0.39 is 34.1 Å². The molecule has 0 aliphatic heterocycles. The zero-order valence-corrected chi connectivity index (χ0v) is 27.1. The van der Waals surface area contributed by atoms with Crippen molar-refractivity contribution in [2.45, 2.75) is 45.3 Å². The van der Waals surface area contributed by atoms with E-state index in [0.717, 1.165) is 16.1 Å². The molecule has 3 rings (SSSR count). The van der Waals surface area contributed by atoms with E-state index in [1.54, 1.807) is 24.3 Å². The number of ether oxygens (including phenoxy) is 1. The number of methoxy groups -OCH3 is 1. The van der Waals surface area contributed by atoms with Crippen LogP contribution in [-0.2, 0) is 32.6 Å². The van der Waals surface area contributed by atoms with Gasteiger partial charge in [-0.25, -0.2) is 8.42 Å². The summed E-state index contributed by atoms with van der Waals surface area (Å²) < 4.78 is 32.2. The van der Waals surface area contributed by atoms with Gasteiger partial charge < -0.3 is 15.0 Å². The van der Waals surface area contributed by atoms with Gasteiger partial charge in [0.25, 0.3) is 0 Å². The smallest absolute Gasteiger partial charge is 0.244 e. The summed E-state index contributed by atoms with van der Waals surface area (Å²) in [5.74, 6) is -0.449. The van der Waals surface area contributed by atoms with Gasteiger partial charge in [0.05, 0.1) is 34.1 Å². The second kappa shape index (κ2) is 14.0. The molecule has 0 aliphatic rings. The third-order valence-electron chi connectivity index (χ3n) is 6.19. The highest BCUT2D eigenvalue weighted by Crippen LogP contribution is 2.35. The van der Waals surface area contributed by atoms with Crippen LogP contribution in [0.2, 0.25) is 15.1 Å². The van der Waals surface area contributed by atoms with Gasteiger partial charge in [-0.1, -0.05) is 77.3 Å². The number of nitrogens with one attached hydrogen (secondary N) is 1. The Morgan fingerprint density at radius 2 is 1.52 bits per heavy atom. The van der Waals surface area contributed by atoms with Gasteiger partial charge in [-0.3, -0.25) is 13.9 Å². The summed E-state index contributed by atoms with van der Waals surface area (Å²) in [5.41, 5.74) is 0.899. The molecule has 0 unspecified atom stereocenters. The van der Waals surface area contributed by atoms with Crippen LogP contribution in [0, 0.1) is 0 Å². The lowest BCUT2D eigenvalue weighted by Crippen LogP contribution is -2.56. The van der Waals surface area contributed by atoms with E-state index in [4.69, 9.17) is 39.5 Å². The zero-order valence-electron chi connectivity index (χ0n) is 24.0. The number of hydrogen-bond donors (Lipinski definition) is 1. The van der Waals surface area contributed by atoms with Gasteiger partial charge >= 0.3 is 0 Å². The maximum absolute atomic E-state index is 14.2. The van der Waals surface area contributed by atoms with Gasteiger partial charge in [0.15, 0.2) is 0 Å². The van der Waals surface area contributed by atoms with E-state index in [1.807, 2.05) is 51.1 Å². The molecule has 0 aromatic heterocycles. The summed E-state index contributed by atoms with van der Waals surface area (Å²) in [6.07, 6.45) is 1.14. The van der Waals surface area contributed by atoms with Crippen LogP contribution in [0.25, 0.3) is 0 Å². The number of sulfonamides is 1. The Balaban J connectivity index is 2.13. The molecule has 42 heavy (non-hydrogen) atoms. The van der Waals surface area contributed by atoms with Crippen molar-refractivity contribution in [3.63, 3.8) is 0 Å². The zero-order chi connectivity index (χ0) is 31.2. The quantitative estimate of drug-likeness (QED) is 0.257. The number of hydrogen-bond acceptors (Lipinski definition) is 5. The predicted molar refractivity (Wildman–Crippen MR) is 169 cm³/mol. The molecular weight excluding hydrogens is 621 g/mol. The van der Waals surface area contributed by atoms with E-state index in [1.165, 1.54) is 24.1 Å². The number of amides is 2. The third kappa shape index (κ3) is 9.26. The standard InChI is InChI=1S/C30H34Cl3N3O5S/c1-30(2,3)34-29(38)27(15-20-10-7-6-8-11-20)35(18-21-12-9-13-22(14-21)41-4)28(37)19-36(42(5,39)40)26-17-24(32)23(31)16-25(26)33/h6-14,16-17,27H,15,18-19H2,1-5H3,(H,34,38)/t27-/m1/s1. The molecule has 0 saturated carbocycles. The molecule has 0 fully saturated rings. The van der Waals surface area contributed by atoms with Crippen LogP contribution in [0.1, 0.15) is 31.9 Å². The van der Waals surface area contributed by atoms with Crippen molar-refractivity contribution in [2.75, 3.05) is 24.2 Å². The average molecular weight is 655 g/mol. The van der Waals surface area contributed by atoms with Gasteiger partial charge in [0, 0.05) is 18.5 Å². The highest BCUT2D eigenvalue weighted by atomic mass is 35.5. The van der Waals surface area contributed by atoms with Crippen LogP contribution in [-0.4, -0.2) is 56.6 Å². The SMILES string of the molecule is COc1cccc(CN(C(=O)CN(c2cc(Cl)c(Cl)cc2Cl)S(C)(=O)=O)[C@H](Cc2ccccc2)C(=O)NC(C)(C)C)c1. The normalized spacial score (nSPS) is 12.4. The molecule has 12 heteroatoms. The lowest BCUT2D eigenvalue weighted by molar-refractivity contribution is -0.140. The monoisotopic (exact) mass is 653 g/mol. The molecule has 0 bridgehead atoms. The second-order valence-corrected chi connectivity index (χ2v) is 13.9. The Morgan fingerprint density at radius 3 is 2.12 bits per heavy atom. The lowest BCUT2D eigenvalue weighted by Gasteiger charge is -2.35. The fourth-order valence-electron chi connectivity index (χ4n) is 4.27. The van der Waals surface area contributed by atoms with Crippen molar-refractivity contribution in [2.24, 2.45) is 0 Å². The summed E-state index contributed by atoms with van der Waals surface area (Å²) in [7, 11) is -2.51. The molecule has 0 saturated heterocycles. The summed E-state index contributed by atoms with van der Waals surface area (Å²) in [6.45, 7) is 4.88. The largest absolute Gasteiger partial charge is 0.497 e. The van der Waals surface area contributed by atoms with Crippen LogP contribution in [0.4, 0.5) is 5.69 Å². The third-order valence-corrected chi connectivity index (χ3v) is 8.35. The molecule has 0 heterocycles. The molecule has 3 aromatic rings. The van der Waals surface area contributed by atoms with E-state index in [-0.39, 0.29) is 39.6 Å². The fraction of sp³-hybridized carbons (Fsp3) is 0.333. The van der Waals surface area contributed by atoms with E-state index in [2.05, 4.69) is 5.32 Å². The van der Waals surface area contributed by atoms with Gasteiger partial charge in [-0.05, 0) is 56.2 Å². The number of anilines is 1. The van der Waals surface area contributed by atoms with Crippen LogP contribution >= 0.6 is 34.8 Å². The Hall–Kier alpha value is -2.98. The molecule has 0 aliphatic carbocycles. The van der Waals surface area contributed by atoms with Gasteiger partial charge in [0.1, 0.15) is 18.3 Å². The highest BCUT2D eigenvalue weighted by molar-refractivity contribution is 7.92. The first-order chi connectivity index (χ1) is 19.6. The molecule has 1 N–H and O–H groups in total. The van der Waals surface area contributed by atoms with Crippen molar-refractivity contribution < 1.29 is 22.7 Å². The first-order valence-electron chi connectivity index (χ1n) is 13.0. The van der Waals surface area contributed by atoms with Crippen LogP contribution in [0.5, 0.6) is 5.75 Å². The summed E-state index contributed by atoms with van der Waals surface area (Å²) >= 11 is 18.6. The Morgan fingerprint density at radius 1 is 0.905 bits per heavy atom. The average Bonchev–Trinajstić information content (AvgIpc) is 2.90. The number of rotatable bonds is 11. The second-order valence-electron chi connectivity index (χ2n) is 10.8. The van der Waals surface area contributed by atoms with Crippen LogP contribution in [0.15, 0.2) is 66.7 Å². The summed E-state index contributed by atoms with van der Waals surface area (Å²) in [5, 5.41) is 3.17. The fourth-order valence-corrected chi connectivity index (χ4v) is 5.82. The summed E-state index contributed by atoms with van der Waals surface area (Å²) in [4.78, 5) is 29.4. The first-order valence-corrected chi connectivity index (χ1v) is 16.0. The molecule has 8 nitrogen and oxygen atoms in total. The van der Waals surface area contributed by atoms with Crippen molar-refractivity contribution in [3.8, 4) is 5.75 Å². The van der Waals surface area contributed by atoms with Crippen molar-refractivity contribution >= 4 is 62.3 Å². The van der Waals surface area contributed by atoms with E-state index in [9.17, 15) is 18.0 Å². The van der Waals surface area contributed by atoms with E-state index >= 15 is 0 Å². The number of carbonyl (C=O) groups excluding carboxylic acids is 2. The maximum Gasteiger partial charge on any atom is 0.244 e. The molecular formula is C30H34Cl3N3O5S. The maximum atomic E-state index is 14.2. The first kappa shape index (κ1) is 33.5. The van der Waals surface area contributed by atoms with Crippen LogP contribution < -0.4 is 14.4 Å². The van der Waals surface area contributed by atoms with Crippen LogP contribution in [0.3, 0.4) is 0 Å². The molecule has 3 aromatic carbocycles. The number of halogens is 3. The van der Waals surface area contributed by atoms with Gasteiger partial charge in [-0.15, -0.1) is 0 Å². The number of nitrogens with zero attached hydrogens (tertiary/aromatic N) is 2. The number of carbonyl (C=O) groups is 2.